The minimum Gasteiger partial charge on any atom is -0.375 e. The molecule has 1 aromatic rings. The van der Waals surface area contributed by atoms with Gasteiger partial charge in [-0.05, 0) is 26.1 Å². The van der Waals surface area contributed by atoms with E-state index in [4.69, 9.17) is 10.00 Å². The molecule has 6 heteroatoms. The SMILES string of the molecule is CCO[C@H]1CN(C)C[C@@H]1NC(=O)c1ccc(C#N)nc1. The minimum absolute atomic E-state index is 0.0142. The topological polar surface area (TPSA) is 78.2 Å². The molecule has 0 unspecified atom stereocenters. The number of aromatic nitrogens is 1. The number of hydrogen-bond donors (Lipinski definition) is 1. The van der Waals surface area contributed by atoms with Crippen LogP contribution in [0.15, 0.2) is 18.3 Å². The van der Waals surface area contributed by atoms with Crippen LogP contribution in [0.2, 0.25) is 0 Å². The van der Waals surface area contributed by atoms with Gasteiger partial charge in [0.2, 0.25) is 0 Å². The van der Waals surface area contributed by atoms with Crippen LogP contribution < -0.4 is 5.32 Å². The minimum atomic E-state index is -0.188. The molecule has 1 saturated heterocycles. The molecule has 106 valence electrons. The maximum atomic E-state index is 12.1. The van der Waals surface area contributed by atoms with Gasteiger partial charge in [-0.2, -0.15) is 5.26 Å². The van der Waals surface area contributed by atoms with E-state index >= 15 is 0 Å². The average molecular weight is 274 g/mol. The van der Waals surface area contributed by atoms with Crippen molar-refractivity contribution in [2.45, 2.75) is 19.1 Å². The van der Waals surface area contributed by atoms with Crippen LogP contribution in [0.3, 0.4) is 0 Å². The first-order valence-corrected chi connectivity index (χ1v) is 6.61. The van der Waals surface area contributed by atoms with Crippen LogP contribution in [0.1, 0.15) is 23.0 Å². The number of pyridine rings is 1. The summed E-state index contributed by atoms with van der Waals surface area (Å²) in [4.78, 5) is 18.2. The second-order valence-electron chi connectivity index (χ2n) is 4.84. The summed E-state index contributed by atoms with van der Waals surface area (Å²) in [6.45, 7) is 4.15. The van der Waals surface area contributed by atoms with Gasteiger partial charge in [-0.3, -0.25) is 4.79 Å². The number of rotatable bonds is 4. The van der Waals surface area contributed by atoms with Gasteiger partial charge in [0.15, 0.2) is 0 Å². The highest BCUT2D eigenvalue weighted by Crippen LogP contribution is 2.12. The molecule has 0 saturated carbocycles. The third-order valence-corrected chi connectivity index (χ3v) is 3.29. The maximum Gasteiger partial charge on any atom is 0.253 e. The van der Waals surface area contributed by atoms with Crippen LogP contribution >= 0.6 is 0 Å². The molecule has 2 atom stereocenters. The molecule has 1 aliphatic heterocycles. The molecule has 0 aromatic carbocycles. The van der Waals surface area contributed by atoms with E-state index in [-0.39, 0.29) is 18.1 Å². The van der Waals surface area contributed by atoms with Gasteiger partial charge in [0, 0.05) is 25.9 Å². The van der Waals surface area contributed by atoms with Gasteiger partial charge < -0.3 is 15.0 Å². The van der Waals surface area contributed by atoms with Gasteiger partial charge in [0.1, 0.15) is 11.8 Å². The number of carbonyl (C=O) groups excluding carboxylic acids is 1. The zero-order valence-electron chi connectivity index (χ0n) is 11.7. The van der Waals surface area contributed by atoms with E-state index in [0.717, 1.165) is 13.1 Å². The Bertz CT molecular complexity index is 509. The lowest BCUT2D eigenvalue weighted by molar-refractivity contribution is 0.0513. The summed E-state index contributed by atoms with van der Waals surface area (Å²) in [5, 5.41) is 11.7. The van der Waals surface area contributed by atoms with Crippen LogP contribution in [0, 0.1) is 11.3 Å². The molecule has 1 N–H and O–H groups in total. The molecule has 6 nitrogen and oxygen atoms in total. The van der Waals surface area contributed by atoms with Crippen molar-refractivity contribution in [3.8, 4) is 6.07 Å². The number of carbonyl (C=O) groups is 1. The molecular formula is C14H18N4O2. The molecule has 20 heavy (non-hydrogen) atoms. The molecule has 1 fully saturated rings. The highest BCUT2D eigenvalue weighted by molar-refractivity contribution is 5.94. The van der Waals surface area contributed by atoms with Crippen molar-refractivity contribution in [2.24, 2.45) is 0 Å². The monoisotopic (exact) mass is 274 g/mol. The van der Waals surface area contributed by atoms with Gasteiger partial charge in [0.25, 0.3) is 5.91 Å². The molecule has 2 heterocycles. The Morgan fingerprint density at radius 2 is 2.40 bits per heavy atom. The first-order chi connectivity index (χ1) is 9.63. The van der Waals surface area contributed by atoms with Crippen molar-refractivity contribution in [2.75, 3.05) is 26.7 Å². The maximum absolute atomic E-state index is 12.1. The van der Waals surface area contributed by atoms with Crippen LogP contribution in [0.5, 0.6) is 0 Å². The van der Waals surface area contributed by atoms with Gasteiger partial charge in [0.05, 0.1) is 17.7 Å². The van der Waals surface area contributed by atoms with E-state index in [2.05, 4.69) is 15.2 Å². The number of likely N-dealkylation sites (N-methyl/N-ethyl adjacent to an activating group) is 1. The summed E-state index contributed by atoms with van der Waals surface area (Å²) in [7, 11) is 2.00. The number of nitrogens with zero attached hydrogens (tertiary/aromatic N) is 3. The van der Waals surface area contributed by atoms with Crippen molar-refractivity contribution in [1.82, 2.24) is 15.2 Å². The third kappa shape index (κ3) is 3.32. The smallest absolute Gasteiger partial charge is 0.253 e. The van der Waals surface area contributed by atoms with Crippen LogP contribution in [-0.4, -0.2) is 54.7 Å². The number of amides is 1. The van der Waals surface area contributed by atoms with Crippen LogP contribution in [0.4, 0.5) is 0 Å². The summed E-state index contributed by atoms with van der Waals surface area (Å²) in [5.41, 5.74) is 0.753. The Kier molecular flexibility index (Phi) is 4.66. The Morgan fingerprint density at radius 3 is 3.00 bits per heavy atom. The standard InChI is InChI=1S/C14H18N4O2/c1-3-20-13-9-18(2)8-12(13)17-14(19)10-4-5-11(6-15)16-7-10/h4-5,7,12-13H,3,8-9H2,1-2H3,(H,17,19)/t12-,13-/m0/s1. The normalized spacial score (nSPS) is 22.4. The largest absolute Gasteiger partial charge is 0.375 e. The number of nitriles is 1. The van der Waals surface area contributed by atoms with Crippen LogP contribution in [0.25, 0.3) is 0 Å². The molecule has 2 rings (SSSR count). The predicted octanol–water partition coefficient (Wildman–Crippen LogP) is 0.402. The highest BCUT2D eigenvalue weighted by atomic mass is 16.5. The zero-order chi connectivity index (χ0) is 14.5. The second-order valence-corrected chi connectivity index (χ2v) is 4.84. The summed E-state index contributed by atoms with van der Waals surface area (Å²) in [6, 6.07) is 5.05. The molecule has 0 radical (unpaired) electrons. The van der Waals surface area contributed by atoms with Gasteiger partial charge >= 0.3 is 0 Å². The fraction of sp³-hybridized carbons (Fsp3) is 0.500. The lowest BCUT2D eigenvalue weighted by atomic mass is 10.2. The lowest BCUT2D eigenvalue weighted by Crippen LogP contribution is -2.44. The van der Waals surface area contributed by atoms with Crippen molar-refractivity contribution >= 4 is 5.91 Å². The van der Waals surface area contributed by atoms with E-state index in [0.29, 0.717) is 17.9 Å². The van der Waals surface area contributed by atoms with E-state index in [1.165, 1.54) is 12.3 Å². The zero-order valence-corrected chi connectivity index (χ0v) is 11.7. The molecular weight excluding hydrogens is 256 g/mol. The van der Waals surface area contributed by atoms with Crippen LogP contribution in [-0.2, 0) is 4.74 Å². The molecule has 1 aromatic heterocycles. The molecule has 0 bridgehead atoms. The summed E-state index contributed by atoms with van der Waals surface area (Å²) in [6.07, 6.45) is 1.43. The fourth-order valence-electron chi connectivity index (χ4n) is 2.33. The molecule has 0 spiro atoms. The van der Waals surface area contributed by atoms with E-state index in [9.17, 15) is 4.79 Å². The second kappa shape index (κ2) is 6.46. The first kappa shape index (κ1) is 14.4. The predicted molar refractivity (Wildman–Crippen MR) is 73.1 cm³/mol. The van der Waals surface area contributed by atoms with Gasteiger partial charge in [-0.15, -0.1) is 0 Å². The number of ether oxygens (including phenoxy) is 1. The Morgan fingerprint density at radius 1 is 1.60 bits per heavy atom. The quantitative estimate of drug-likeness (QED) is 0.860. The van der Waals surface area contributed by atoms with Gasteiger partial charge in [-0.1, -0.05) is 0 Å². The lowest BCUT2D eigenvalue weighted by Gasteiger charge is -2.19. The van der Waals surface area contributed by atoms with Crippen molar-refractivity contribution < 1.29 is 9.53 Å². The van der Waals surface area contributed by atoms with E-state index < -0.39 is 0 Å². The summed E-state index contributed by atoms with van der Waals surface area (Å²) >= 11 is 0. The van der Waals surface area contributed by atoms with Crippen molar-refractivity contribution in [3.05, 3.63) is 29.6 Å². The fourth-order valence-corrected chi connectivity index (χ4v) is 2.33. The average Bonchev–Trinajstić information content (AvgIpc) is 2.79. The molecule has 1 amide bonds. The molecule has 0 aliphatic carbocycles. The number of nitrogens with one attached hydrogen (secondary N) is 1. The number of likely N-dealkylation sites (tertiary alicyclic amines) is 1. The Labute approximate surface area is 118 Å². The third-order valence-electron chi connectivity index (χ3n) is 3.29. The molecule has 1 aliphatic rings. The van der Waals surface area contributed by atoms with Crippen molar-refractivity contribution in [1.29, 1.82) is 5.26 Å². The Balaban J connectivity index is 2.01. The Hall–Kier alpha value is -1.97. The summed E-state index contributed by atoms with van der Waals surface area (Å²) < 4.78 is 5.64. The van der Waals surface area contributed by atoms with E-state index in [1.807, 2.05) is 20.0 Å². The first-order valence-electron chi connectivity index (χ1n) is 6.61. The van der Waals surface area contributed by atoms with E-state index in [1.54, 1.807) is 6.07 Å². The summed E-state index contributed by atoms with van der Waals surface area (Å²) in [5.74, 6) is -0.188. The number of hydrogen-bond acceptors (Lipinski definition) is 5. The highest BCUT2D eigenvalue weighted by Gasteiger charge is 2.32. The van der Waals surface area contributed by atoms with Gasteiger partial charge in [-0.25, -0.2) is 4.98 Å². The van der Waals surface area contributed by atoms with Crippen molar-refractivity contribution in [3.63, 3.8) is 0 Å².